The van der Waals surface area contributed by atoms with Crippen LogP contribution < -0.4 is 25.0 Å². The number of nitrogens with one attached hydrogen (secondary N) is 2. The molecule has 0 amide bonds. The third-order valence-electron chi connectivity index (χ3n) is 7.67. The standard InChI is InChI=1S/C33H32N10O11S3.CH4O3S/c1-53-28-18-23(42-40-22-9-5-10-25(17-22)56(47,48)49)11-13-26(28)34-31-36-32(38-33(37-31)43-20-30(43)57(50,51)52)35-27-14-12-24(41-39-21-7-3-2-4-8-21)19-29(27)54-15-6-16-55(44,45)46;1-5(2,3)4/h2-5,7-14,17-19,30H,6,15-16,20H2,1H3,(H,44,45,46)(H,47,48,49)(H,50,51,52)(H2,34,35,36,37,38);1H3,(H,2,3,4). The van der Waals surface area contributed by atoms with Crippen molar-refractivity contribution < 1.29 is 61.4 Å². The normalized spacial score (nSPS) is 14.3. The van der Waals surface area contributed by atoms with Crippen LogP contribution in [-0.4, -0.2) is 104 Å². The summed E-state index contributed by atoms with van der Waals surface area (Å²) in [5, 5.41) is 21.3. The van der Waals surface area contributed by atoms with Gasteiger partial charge in [-0.15, -0.1) is 0 Å². The Kier molecular flexibility index (Phi) is 14.8. The van der Waals surface area contributed by atoms with Crippen LogP contribution in [0.5, 0.6) is 11.5 Å². The van der Waals surface area contributed by atoms with Gasteiger partial charge in [0, 0.05) is 12.1 Å². The smallest absolute Gasteiger partial charge is 0.294 e. The largest absolute Gasteiger partial charge is 0.494 e. The average molecular weight is 937 g/mol. The van der Waals surface area contributed by atoms with Gasteiger partial charge in [-0.2, -0.15) is 69.1 Å². The van der Waals surface area contributed by atoms with E-state index in [1.54, 1.807) is 48.5 Å². The first-order valence-corrected chi connectivity index (χ1v) is 23.8. The second-order valence-corrected chi connectivity index (χ2v) is 18.7. The lowest BCUT2D eigenvalue weighted by atomic mass is 10.2. The summed E-state index contributed by atoms with van der Waals surface area (Å²) in [5.74, 6) is -0.470. The van der Waals surface area contributed by atoms with Gasteiger partial charge in [0.1, 0.15) is 11.5 Å². The van der Waals surface area contributed by atoms with Crippen molar-refractivity contribution in [1.29, 1.82) is 0 Å². The zero-order chi connectivity index (χ0) is 45.3. The molecule has 24 nitrogen and oxygen atoms in total. The Hall–Kier alpha value is -6.27. The number of ether oxygens (including phenoxy) is 2. The van der Waals surface area contributed by atoms with Crippen LogP contribution in [0.1, 0.15) is 6.42 Å². The molecule has 1 saturated heterocycles. The van der Waals surface area contributed by atoms with Crippen molar-refractivity contribution in [3.05, 3.63) is 91.0 Å². The Morgan fingerprint density at radius 1 is 0.677 bits per heavy atom. The number of hydrogen-bond donors (Lipinski definition) is 6. The van der Waals surface area contributed by atoms with Crippen molar-refractivity contribution in [2.75, 3.05) is 47.8 Å². The summed E-state index contributed by atoms with van der Waals surface area (Å²) >= 11 is 0. The van der Waals surface area contributed by atoms with Crippen LogP contribution in [0.25, 0.3) is 0 Å². The Balaban J connectivity index is 0.00000137. The third-order valence-corrected chi connectivity index (χ3v) is 10.4. The molecule has 1 aromatic heterocycles. The fraction of sp³-hybridized carbons (Fsp3) is 0.206. The molecule has 1 aliphatic heterocycles. The Morgan fingerprint density at radius 2 is 1.19 bits per heavy atom. The number of rotatable bonds is 17. The number of nitrogens with zero attached hydrogens (tertiary/aromatic N) is 8. The van der Waals surface area contributed by atoms with Gasteiger partial charge in [0.25, 0.3) is 40.5 Å². The lowest BCUT2D eigenvalue weighted by Gasteiger charge is -2.15. The molecule has 1 atom stereocenters. The minimum atomic E-state index is -4.48. The predicted octanol–water partition coefficient (Wildman–Crippen LogP) is 5.64. The Bertz CT molecular complexity index is 2920. The molecule has 1 aliphatic rings. The second kappa shape index (κ2) is 19.6. The summed E-state index contributed by atoms with van der Waals surface area (Å²) in [4.78, 5) is 14.0. The molecule has 0 bridgehead atoms. The molecule has 5 aromatic rings. The van der Waals surface area contributed by atoms with Gasteiger partial charge in [-0.25, -0.2) is 0 Å². The summed E-state index contributed by atoms with van der Waals surface area (Å²) < 4.78 is 135. The number of anilines is 5. The van der Waals surface area contributed by atoms with Gasteiger partial charge in [0.2, 0.25) is 17.8 Å². The monoisotopic (exact) mass is 936 g/mol. The molecule has 6 N–H and O–H groups in total. The van der Waals surface area contributed by atoms with Crippen LogP contribution in [-0.2, 0) is 40.5 Å². The average Bonchev–Trinajstić information content (AvgIpc) is 4.01. The van der Waals surface area contributed by atoms with Crippen molar-refractivity contribution >= 4 is 92.4 Å². The maximum Gasteiger partial charge on any atom is 0.294 e. The van der Waals surface area contributed by atoms with E-state index in [4.69, 9.17) is 18.6 Å². The molecule has 0 aliphatic carbocycles. The Morgan fingerprint density at radius 3 is 1.71 bits per heavy atom. The number of benzene rings is 4. The van der Waals surface area contributed by atoms with Crippen LogP contribution >= 0.6 is 0 Å². The molecule has 330 valence electrons. The van der Waals surface area contributed by atoms with Crippen molar-refractivity contribution in [2.45, 2.75) is 16.7 Å². The highest BCUT2D eigenvalue weighted by Crippen LogP contribution is 2.36. The summed E-state index contributed by atoms with van der Waals surface area (Å²) in [6.07, 6.45) is 0.667. The van der Waals surface area contributed by atoms with E-state index in [9.17, 15) is 42.8 Å². The van der Waals surface area contributed by atoms with Gasteiger partial charge in [-0.3, -0.25) is 18.2 Å². The van der Waals surface area contributed by atoms with Crippen molar-refractivity contribution in [1.82, 2.24) is 15.0 Å². The molecule has 62 heavy (non-hydrogen) atoms. The highest BCUT2D eigenvalue weighted by molar-refractivity contribution is 7.87. The molecule has 0 radical (unpaired) electrons. The fourth-order valence-electron chi connectivity index (χ4n) is 4.93. The van der Waals surface area contributed by atoms with Crippen molar-refractivity contribution in [3.8, 4) is 11.5 Å². The van der Waals surface area contributed by atoms with E-state index in [1.807, 2.05) is 6.07 Å². The molecule has 6 rings (SSSR count). The zero-order valence-electron chi connectivity index (χ0n) is 32.1. The molecular formula is C34H36N10O14S4. The van der Waals surface area contributed by atoms with Crippen molar-refractivity contribution in [3.63, 3.8) is 0 Å². The van der Waals surface area contributed by atoms with Gasteiger partial charge in [0.15, 0.2) is 5.37 Å². The SMILES string of the molecule is COc1cc(N=Nc2cccc(S(=O)(=O)O)c2)ccc1Nc1nc(Nc2ccc(N=Nc3ccccc3)cc2OCCCS(=O)(=O)O)nc(N2CC2S(=O)(=O)O)n1.CS(=O)(=O)O. The molecule has 4 aromatic carbocycles. The van der Waals surface area contributed by atoms with E-state index >= 15 is 0 Å². The van der Waals surface area contributed by atoms with Crippen LogP contribution in [0.3, 0.4) is 0 Å². The minimum absolute atomic E-state index is 0.0484. The molecule has 1 fully saturated rings. The summed E-state index contributed by atoms with van der Waals surface area (Å²) in [5.41, 5.74) is 2.00. The quantitative estimate of drug-likeness (QED) is 0.0284. The van der Waals surface area contributed by atoms with E-state index in [1.165, 1.54) is 42.3 Å². The number of aromatic nitrogens is 3. The van der Waals surface area contributed by atoms with E-state index in [0.717, 1.165) is 6.07 Å². The van der Waals surface area contributed by atoms with Crippen LogP contribution in [0, 0.1) is 0 Å². The molecular weight excluding hydrogens is 901 g/mol. The van der Waals surface area contributed by atoms with E-state index in [-0.39, 0.29) is 65.2 Å². The Labute approximate surface area is 354 Å². The number of methoxy groups -OCH3 is 1. The first kappa shape index (κ1) is 46.8. The highest BCUT2D eigenvalue weighted by atomic mass is 32.2. The van der Waals surface area contributed by atoms with Crippen molar-refractivity contribution in [2.24, 2.45) is 20.5 Å². The van der Waals surface area contributed by atoms with Crippen LogP contribution in [0.15, 0.2) is 116 Å². The van der Waals surface area contributed by atoms with E-state index < -0.39 is 51.6 Å². The van der Waals surface area contributed by atoms with Gasteiger partial charge in [0.05, 0.1) is 71.3 Å². The molecule has 0 saturated carbocycles. The summed E-state index contributed by atoms with van der Waals surface area (Å²) in [6, 6.07) is 23.5. The molecule has 28 heteroatoms. The van der Waals surface area contributed by atoms with Gasteiger partial charge in [-0.1, -0.05) is 24.3 Å². The molecule has 1 unspecified atom stereocenters. The fourth-order valence-corrected chi connectivity index (χ4v) is 6.70. The maximum atomic E-state index is 11.9. The van der Waals surface area contributed by atoms with Gasteiger partial charge < -0.3 is 25.0 Å². The maximum absolute atomic E-state index is 11.9. The lowest BCUT2D eigenvalue weighted by Crippen LogP contribution is -2.15. The third kappa shape index (κ3) is 15.0. The van der Waals surface area contributed by atoms with Crippen LogP contribution in [0.2, 0.25) is 0 Å². The van der Waals surface area contributed by atoms with Crippen LogP contribution in [0.4, 0.5) is 52.0 Å². The van der Waals surface area contributed by atoms with E-state index in [0.29, 0.717) is 29.0 Å². The molecule has 0 spiro atoms. The topological polar surface area (TPSA) is 351 Å². The van der Waals surface area contributed by atoms with Gasteiger partial charge in [-0.05, 0) is 61.0 Å². The summed E-state index contributed by atoms with van der Waals surface area (Å²) in [7, 11) is -15.4. The number of azo groups is 2. The number of hydrogen-bond acceptors (Lipinski definition) is 20. The van der Waals surface area contributed by atoms with Gasteiger partial charge >= 0.3 is 0 Å². The summed E-state index contributed by atoms with van der Waals surface area (Å²) in [6.45, 7) is -0.236. The first-order chi connectivity index (χ1) is 29.0. The first-order valence-electron chi connectivity index (χ1n) is 17.4. The minimum Gasteiger partial charge on any atom is -0.494 e. The predicted molar refractivity (Wildman–Crippen MR) is 224 cm³/mol. The van der Waals surface area contributed by atoms with E-state index in [2.05, 4.69) is 46.0 Å². The lowest BCUT2D eigenvalue weighted by molar-refractivity contribution is 0.317. The zero-order valence-corrected chi connectivity index (χ0v) is 35.4. The molecule has 2 heterocycles. The highest BCUT2D eigenvalue weighted by Gasteiger charge is 2.46. The second-order valence-electron chi connectivity index (χ2n) is 12.6.